The number of hydrogen-bond donors (Lipinski definition) is 2. The molecule has 0 unspecified atom stereocenters. The van der Waals surface area contributed by atoms with E-state index in [1.165, 1.54) is 11.1 Å². The Morgan fingerprint density at radius 2 is 1.91 bits per heavy atom. The average molecular weight is 326 g/mol. The summed E-state index contributed by atoms with van der Waals surface area (Å²) in [5, 5.41) is 7.15. The zero-order valence-electron chi connectivity index (χ0n) is 13.0. The van der Waals surface area contributed by atoms with Crippen LogP contribution in [0.3, 0.4) is 0 Å². The van der Waals surface area contributed by atoms with Crippen LogP contribution in [0.1, 0.15) is 11.1 Å². The van der Waals surface area contributed by atoms with Crippen LogP contribution in [0.25, 0.3) is 11.4 Å². The number of rotatable bonds is 5. The number of hydrogen-bond acceptors (Lipinski definition) is 4. The van der Waals surface area contributed by atoms with Gasteiger partial charge in [0.05, 0.1) is 19.2 Å². The first-order chi connectivity index (χ1) is 11.2. The van der Waals surface area contributed by atoms with Crippen LogP contribution in [-0.4, -0.2) is 22.0 Å². The van der Waals surface area contributed by atoms with Crippen molar-refractivity contribution in [2.45, 2.75) is 13.5 Å². The fraction of sp³-hybridized carbons (Fsp3) is 0.176. The van der Waals surface area contributed by atoms with Gasteiger partial charge in [-0.25, -0.2) is 9.77 Å². The number of nitrogens with zero attached hydrogens (tertiary/aromatic N) is 2. The van der Waals surface area contributed by atoms with Crippen LogP contribution < -0.4 is 10.2 Å². The van der Waals surface area contributed by atoms with Crippen molar-refractivity contribution in [3.05, 3.63) is 64.4 Å². The third-order valence-electron chi connectivity index (χ3n) is 3.58. The van der Waals surface area contributed by atoms with Gasteiger partial charge in [0.25, 0.3) is 0 Å². The maximum Gasteiger partial charge on any atom is 0.214 e. The zero-order valence-corrected chi connectivity index (χ0v) is 13.9. The number of methoxy groups -OCH3 is 1. The van der Waals surface area contributed by atoms with Crippen molar-refractivity contribution < 1.29 is 4.74 Å². The predicted octanol–water partition coefficient (Wildman–Crippen LogP) is 3.67. The highest BCUT2D eigenvalue weighted by atomic mass is 32.1. The van der Waals surface area contributed by atoms with Crippen LogP contribution in [0.5, 0.6) is 5.75 Å². The van der Waals surface area contributed by atoms with Gasteiger partial charge in [0, 0.05) is 0 Å². The molecule has 0 atom stereocenters. The highest BCUT2D eigenvalue weighted by Gasteiger charge is 2.13. The summed E-state index contributed by atoms with van der Waals surface area (Å²) >= 11 is 5.33. The molecular formula is C17H18N4OS. The van der Waals surface area contributed by atoms with Gasteiger partial charge in [-0.1, -0.05) is 42.0 Å². The molecule has 118 valence electrons. The molecule has 0 radical (unpaired) electrons. The van der Waals surface area contributed by atoms with Gasteiger partial charge in [0.1, 0.15) is 5.75 Å². The molecule has 0 amide bonds. The smallest absolute Gasteiger partial charge is 0.214 e. The number of aromatic nitrogens is 3. The van der Waals surface area contributed by atoms with Gasteiger partial charge in [-0.15, -0.1) is 0 Å². The Morgan fingerprint density at radius 1 is 1.17 bits per heavy atom. The highest BCUT2D eigenvalue weighted by Crippen LogP contribution is 2.27. The molecule has 3 aromatic rings. The lowest BCUT2D eigenvalue weighted by Gasteiger charge is -2.12. The number of benzene rings is 2. The van der Waals surface area contributed by atoms with E-state index in [0.29, 0.717) is 17.1 Å². The molecule has 1 aromatic heterocycles. The molecule has 0 spiro atoms. The van der Waals surface area contributed by atoms with Crippen molar-refractivity contribution in [2.75, 3.05) is 12.5 Å². The minimum Gasteiger partial charge on any atom is -0.496 e. The molecule has 3 rings (SSSR count). The molecule has 2 aromatic carbocycles. The van der Waals surface area contributed by atoms with E-state index in [0.717, 1.165) is 11.3 Å². The van der Waals surface area contributed by atoms with Crippen LogP contribution in [0.4, 0.5) is 0 Å². The first-order valence-corrected chi connectivity index (χ1v) is 7.70. The Balaban J connectivity index is 1.90. The summed E-state index contributed by atoms with van der Waals surface area (Å²) in [5.41, 5.74) is 6.59. The van der Waals surface area contributed by atoms with E-state index in [4.69, 9.17) is 17.0 Å². The summed E-state index contributed by atoms with van der Waals surface area (Å²) in [4.78, 5) is 0. The number of para-hydroxylation sites is 1. The first kappa shape index (κ1) is 15.3. The number of ether oxygens (including phenoxy) is 1. The van der Waals surface area contributed by atoms with Gasteiger partial charge in [0.15, 0.2) is 5.82 Å². The van der Waals surface area contributed by atoms with Gasteiger partial charge in [-0.05, 0) is 36.8 Å². The number of H-pyrrole nitrogens is 1. The van der Waals surface area contributed by atoms with Crippen molar-refractivity contribution in [3.8, 4) is 17.1 Å². The Labute approximate surface area is 139 Å². The van der Waals surface area contributed by atoms with Crippen molar-refractivity contribution in [3.63, 3.8) is 0 Å². The maximum absolute atomic E-state index is 5.41. The van der Waals surface area contributed by atoms with Crippen LogP contribution in [-0.2, 0) is 6.54 Å². The van der Waals surface area contributed by atoms with E-state index in [9.17, 15) is 0 Å². The zero-order chi connectivity index (χ0) is 16.2. The number of aryl methyl sites for hydroxylation is 1. The number of aromatic amines is 1. The summed E-state index contributed by atoms with van der Waals surface area (Å²) < 4.78 is 7.69. The van der Waals surface area contributed by atoms with Gasteiger partial charge in [-0.2, -0.15) is 5.10 Å². The molecule has 0 saturated carbocycles. The lowest BCUT2D eigenvalue weighted by molar-refractivity contribution is 0.416. The first-order valence-electron chi connectivity index (χ1n) is 7.29. The largest absolute Gasteiger partial charge is 0.496 e. The van der Waals surface area contributed by atoms with E-state index in [2.05, 4.69) is 46.8 Å². The summed E-state index contributed by atoms with van der Waals surface area (Å²) in [6, 6.07) is 16.1. The topological polar surface area (TPSA) is 54.9 Å². The third-order valence-corrected chi connectivity index (χ3v) is 3.86. The lowest BCUT2D eigenvalue weighted by atomic mass is 10.1. The molecule has 1 heterocycles. The molecule has 6 heteroatoms. The molecule has 0 bridgehead atoms. The fourth-order valence-electron chi connectivity index (χ4n) is 2.33. The Bertz CT molecular complexity index is 852. The van der Waals surface area contributed by atoms with Crippen molar-refractivity contribution in [1.29, 1.82) is 0 Å². The van der Waals surface area contributed by atoms with Crippen LogP contribution in [0.2, 0.25) is 0 Å². The third kappa shape index (κ3) is 3.27. The highest BCUT2D eigenvalue weighted by molar-refractivity contribution is 7.71. The molecule has 2 N–H and O–H groups in total. The summed E-state index contributed by atoms with van der Waals surface area (Å²) in [6.45, 7) is 2.72. The van der Waals surface area contributed by atoms with Gasteiger partial charge >= 0.3 is 0 Å². The molecule has 23 heavy (non-hydrogen) atoms. The minimum atomic E-state index is 0.512. The molecule has 0 aliphatic rings. The average Bonchev–Trinajstić information content (AvgIpc) is 2.95. The van der Waals surface area contributed by atoms with E-state index < -0.39 is 0 Å². The van der Waals surface area contributed by atoms with Gasteiger partial charge in [-0.3, -0.25) is 0 Å². The summed E-state index contributed by atoms with van der Waals surface area (Å²) in [6.07, 6.45) is 0. The van der Waals surface area contributed by atoms with Crippen molar-refractivity contribution in [1.82, 2.24) is 14.9 Å². The van der Waals surface area contributed by atoms with E-state index in [-0.39, 0.29) is 0 Å². The fourth-order valence-corrected chi connectivity index (χ4v) is 2.53. The molecule has 0 fully saturated rings. The van der Waals surface area contributed by atoms with Crippen LogP contribution in [0, 0.1) is 11.7 Å². The second kappa shape index (κ2) is 6.66. The Kier molecular flexibility index (Phi) is 4.43. The molecule has 5 nitrogen and oxygen atoms in total. The number of nitrogens with one attached hydrogen (secondary N) is 2. The lowest BCUT2D eigenvalue weighted by Crippen LogP contribution is -2.16. The van der Waals surface area contributed by atoms with E-state index in [1.54, 1.807) is 11.8 Å². The predicted molar refractivity (Wildman–Crippen MR) is 93.6 cm³/mol. The quantitative estimate of drug-likeness (QED) is 0.703. The Morgan fingerprint density at radius 3 is 2.65 bits per heavy atom. The van der Waals surface area contributed by atoms with Crippen LogP contribution >= 0.6 is 12.2 Å². The molecule has 0 saturated heterocycles. The monoisotopic (exact) mass is 326 g/mol. The molecule has 0 aliphatic heterocycles. The maximum atomic E-state index is 5.41. The van der Waals surface area contributed by atoms with Crippen LogP contribution in [0.15, 0.2) is 48.5 Å². The SMILES string of the molecule is COc1ccccc1-c1n[nH]c(=S)n1NCc1ccc(C)cc1. The van der Waals surface area contributed by atoms with Gasteiger partial charge < -0.3 is 10.2 Å². The molecular weight excluding hydrogens is 308 g/mol. The van der Waals surface area contributed by atoms with E-state index in [1.807, 2.05) is 24.3 Å². The molecule has 0 aliphatic carbocycles. The van der Waals surface area contributed by atoms with Crippen molar-refractivity contribution in [2.24, 2.45) is 0 Å². The van der Waals surface area contributed by atoms with Gasteiger partial charge in [0.2, 0.25) is 4.77 Å². The summed E-state index contributed by atoms with van der Waals surface area (Å²) in [5.74, 6) is 1.44. The summed E-state index contributed by atoms with van der Waals surface area (Å²) in [7, 11) is 1.64. The Hall–Kier alpha value is -2.60. The second-order valence-corrected chi connectivity index (χ2v) is 5.60. The minimum absolute atomic E-state index is 0.512. The second-order valence-electron chi connectivity index (χ2n) is 5.21. The normalized spacial score (nSPS) is 10.5. The van der Waals surface area contributed by atoms with Crippen molar-refractivity contribution >= 4 is 12.2 Å². The van der Waals surface area contributed by atoms with E-state index >= 15 is 0 Å². The standard InChI is InChI=1S/C17H18N4OS/c1-12-7-9-13(10-8-12)11-18-21-16(19-20-17(21)23)14-5-3-4-6-15(14)22-2/h3-10,18H,11H2,1-2H3,(H,20,23).